The average Bonchev–Trinajstić information content (AvgIpc) is 2.67. The summed E-state index contributed by atoms with van der Waals surface area (Å²) in [6, 6.07) is 0. The Morgan fingerprint density at radius 3 is 2.84 bits per heavy atom. The Balaban J connectivity index is 2.10. The number of unbranched alkanes of at least 4 members (excludes halogenated alkanes) is 2. The summed E-state index contributed by atoms with van der Waals surface area (Å²) in [6.45, 7) is 1.84. The van der Waals surface area contributed by atoms with Crippen molar-refractivity contribution < 1.29 is 23.8 Å². The molecule has 2 atom stereocenters. The van der Waals surface area contributed by atoms with Gasteiger partial charge in [0.15, 0.2) is 12.0 Å². The molecule has 0 spiro atoms. The Labute approximate surface area is 112 Å². The van der Waals surface area contributed by atoms with Gasteiger partial charge in [0.1, 0.15) is 0 Å². The largest absolute Gasteiger partial charge is 0.464 e. The predicted molar refractivity (Wildman–Crippen MR) is 68.3 cm³/mol. The number of carbonyl (C=O) groups is 2. The minimum atomic E-state index is -1.55. The minimum Gasteiger partial charge on any atom is -0.464 e. The van der Waals surface area contributed by atoms with Crippen LogP contribution in [0.2, 0.25) is 0 Å². The second kappa shape index (κ2) is 8.04. The van der Waals surface area contributed by atoms with Crippen LogP contribution in [0.15, 0.2) is 11.6 Å². The molecular formula is C14H21FO4. The van der Waals surface area contributed by atoms with E-state index in [1.54, 1.807) is 13.0 Å². The molecule has 108 valence electrons. The summed E-state index contributed by atoms with van der Waals surface area (Å²) in [4.78, 5) is 22.4. The number of Topliss-reactive ketones (excluding diaryl/α,β-unsaturated/α-hetero) is 1. The fraction of sp³-hybridized carbons (Fsp3) is 0.714. The highest BCUT2D eigenvalue weighted by Gasteiger charge is 2.21. The number of carbonyl (C=O) groups excluding carboxylic acids is 2. The van der Waals surface area contributed by atoms with E-state index in [1.807, 2.05) is 0 Å². The molecule has 0 aliphatic heterocycles. The van der Waals surface area contributed by atoms with E-state index in [0.717, 1.165) is 12.8 Å². The summed E-state index contributed by atoms with van der Waals surface area (Å²) < 4.78 is 17.8. The molecule has 0 radical (unpaired) electrons. The average molecular weight is 272 g/mol. The zero-order valence-electron chi connectivity index (χ0n) is 11.2. The van der Waals surface area contributed by atoms with Crippen LogP contribution in [0.25, 0.3) is 0 Å². The molecule has 0 bridgehead atoms. The highest BCUT2D eigenvalue weighted by atomic mass is 19.1. The standard InChI is InChI=1S/C14H21FO4/c1-2-19-14(18)12(15)7-5-3-4-6-10-8-11(16)9-13(10)17/h8,11-12,16H,2-7,9H2,1H3. The number of esters is 1. The number of hydrogen-bond donors (Lipinski definition) is 1. The molecule has 1 N–H and O–H groups in total. The van der Waals surface area contributed by atoms with Gasteiger partial charge in [-0.2, -0.15) is 0 Å². The van der Waals surface area contributed by atoms with Crippen LogP contribution in [-0.2, 0) is 14.3 Å². The van der Waals surface area contributed by atoms with E-state index in [9.17, 15) is 19.1 Å². The number of hydrogen-bond acceptors (Lipinski definition) is 4. The highest BCUT2D eigenvalue weighted by molar-refractivity contribution is 5.98. The highest BCUT2D eigenvalue weighted by Crippen LogP contribution is 2.21. The second-order valence-corrected chi connectivity index (χ2v) is 4.71. The zero-order valence-corrected chi connectivity index (χ0v) is 11.2. The predicted octanol–water partition coefficient (Wildman–Crippen LogP) is 2.10. The third-order valence-electron chi connectivity index (χ3n) is 3.09. The Bertz CT molecular complexity index is 351. The third-order valence-corrected chi connectivity index (χ3v) is 3.09. The van der Waals surface area contributed by atoms with Gasteiger partial charge in [-0.05, 0) is 44.3 Å². The van der Waals surface area contributed by atoms with Crippen LogP contribution in [0.1, 0.15) is 45.4 Å². The normalized spacial score (nSPS) is 20.3. The van der Waals surface area contributed by atoms with E-state index in [4.69, 9.17) is 0 Å². The molecule has 1 aliphatic carbocycles. The molecule has 1 aliphatic rings. The molecule has 0 saturated carbocycles. The number of rotatable bonds is 8. The molecule has 0 aromatic carbocycles. The van der Waals surface area contributed by atoms with E-state index < -0.39 is 18.2 Å². The van der Waals surface area contributed by atoms with E-state index in [0.29, 0.717) is 18.4 Å². The van der Waals surface area contributed by atoms with Gasteiger partial charge in [-0.25, -0.2) is 9.18 Å². The van der Waals surface area contributed by atoms with Gasteiger partial charge in [-0.1, -0.05) is 6.42 Å². The second-order valence-electron chi connectivity index (χ2n) is 4.71. The van der Waals surface area contributed by atoms with Gasteiger partial charge in [-0.3, -0.25) is 4.79 Å². The Hall–Kier alpha value is -1.23. The number of halogens is 1. The molecule has 2 unspecified atom stereocenters. The van der Waals surface area contributed by atoms with Gasteiger partial charge < -0.3 is 9.84 Å². The summed E-state index contributed by atoms with van der Waals surface area (Å²) in [7, 11) is 0. The van der Waals surface area contributed by atoms with Gasteiger partial charge in [0.2, 0.25) is 0 Å². The van der Waals surface area contributed by atoms with Crippen molar-refractivity contribution in [1.82, 2.24) is 0 Å². The molecule has 0 fully saturated rings. The van der Waals surface area contributed by atoms with Crippen LogP contribution >= 0.6 is 0 Å². The monoisotopic (exact) mass is 272 g/mol. The lowest BCUT2D eigenvalue weighted by Gasteiger charge is -2.07. The lowest BCUT2D eigenvalue weighted by molar-refractivity contribution is -0.149. The molecule has 5 heteroatoms. The van der Waals surface area contributed by atoms with Crippen LogP contribution in [0.4, 0.5) is 4.39 Å². The van der Waals surface area contributed by atoms with E-state index in [-0.39, 0.29) is 25.2 Å². The first-order valence-electron chi connectivity index (χ1n) is 6.77. The Morgan fingerprint density at radius 2 is 2.26 bits per heavy atom. The summed E-state index contributed by atoms with van der Waals surface area (Å²) >= 11 is 0. The first-order valence-corrected chi connectivity index (χ1v) is 6.77. The number of ketones is 1. The number of alkyl halides is 1. The number of aliphatic hydroxyl groups excluding tert-OH is 1. The third kappa shape index (κ3) is 5.51. The van der Waals surface area contributed by atoms with Crippen molar-refractivity contribution in [2.75, 3.05) is 6.61 Å². The molecule has 0 saturated heterocycles. The van der Waals surface area contributed by atoms with Crippen molar-refractivity contribution >= 4 is 11.8 Å². The molecule has 1 rings (SSSR count). The molecule has 0 amide bonds. The number of ether oxygens (including phenoxy) is 1. The van der Waals surface area contributed by atoms with Gasteiger partial charge >= 0.3 is 5.97 Å². The summed E-state index contributed by atoms with van der Waals surface area (Å²) in [5.41, 5.74) is 0.676. The fourth-order valence-electron chi connectivity index (χ4n) is 2.09. The topological polar surface area (TPSA) is 63.6 Å². The smallest absolute Gasteiger partial charge is 0.340 e. The SMILES string of the molecule is CCOC(=O)C(F)CCCCCC1=CC(O)CC1=O. The fourth-order valence-corrected chi connectivity index (χ4v) is 2.09. The minimum absolute atomic E-state index is 0.00221. The number of aliphatic hydroxyl groups is 1. The van der Waals surface area contributed by atoms with Crippen LogP contribution in [-0.4, -0.2) is 35.7 Å². The maximum Gasteiger partial charge on any atom is 0.340 e. The lowest BCUT2D eigenvalue weighted by Crippen LogP contribution is -2.18. The van der Waals surface area contributed by atoms with Crippen molar-refractivity contribution in [2.24, 2.45) is 0 Å². The van der Waals surface area contributed by atoms with E-state index in [2.05, 4.69) is 4.74 Å². The van der Waals surface area contributed by atoms with E-state index >= 15 is 0 Å². The van der Waals surface area contributed by atoms with Crippen LogP contribution in [0.3, 0.4) is 0 Å². The van der Waals surface area contributed by atoms with Gasteiger partial charge in [0.05, 0.1) is 12.7 Å². The van der Waals surface area contributed by atoms with Gasteiger partial charge in [0.25, 0.3) is 0 Å². The summed E-state index contributed by atoms with van der Waals surface area (Å²) in [6.07, 6.45) is 2.48. The maximum atomic E-state index is 13.3. The zero-order chi connectivity index (χ0) is 14.3. The van der Waals surface area contributed by atoms with Gasteiger partial charge in [0, 0.05) is 6.42 Å². The van der Waals surface area contributed by atoms with Crippen molar-refractivity contribution in [3.05, 3.63) is 11.6 Å². The Kier molecular flexibility index (Phi) is 6.70. The molecule has 19 heavy (non-hydrogen) atoms. The summed E-state index contributed by atoms with van der Waals surface area (Å²) in [5.74, 6) is -0.790. The molecule has 0 heterocycles. The van der Waals surface area contributed by atoms with Gasteiger partial charge in [-0.15, -0.1) is 0 Å². The van der Waals surface area contributed by atoms with Crippen molar-refractivity contribution in [1.29, 1.82) is 0 Å². The molecule has 4 nitrogen and oxygen atoms in total. The van der Waals surface area contributed by atoms with Crippen molar-refractivity contribution in [2.45, 2.75) is 57.7 Å². The van der Waals surface area contributed by atoms with Crippen LogP contribution < -0.4 is 0 Å². The first-order chi connectivity index (χ1) is 9.04. The van der Waals surface area contributed by atoms with Crippen LogP contribution in [0, 0.1) is 0 Å². The first kappa shape index (κ1) is 15.8. The summed E-state index contributed by atoms with van der Waals surface area (Å²) in [5, 5.41) is 9.26. The molecule has 0 aromatic heterocycles. The van der Waals surface area contributed by atoms with E-state index in [1.165, 1.54) is 0 Å². The maximum absolute atomic E-state index is 13.3. The quantitative estimate of drug-likeness (QED) is 0.543. The van der Waals surface area contributed by atoms with Crippen molar-refractivity contribution in [3.63, 3.8) is 0 Å². The van der Waals surface area contributed by atoms with Crippen molar-refractivity contribution in [3.8, 4) is 0 Å². The lowest BCUT2D eigenvalue weighted by atomic mass is 10.0. The Morgan fingerprint density at radius 1 is 1.53 bits per heavy atom. The molecule has 0 aromatic rings. The molecular weight excluding hydrogens is 251 g/mol. The number of allylic oxidation sites excluding steroid dienone is 1. The van der Waals surface area contributed by atoms with Crippen LogP contribution in [0.5, 0.6) is 0 Å².